The Balaban J connectivity index is 1.65. The van der Waals surface area contributed by atoms with E-state index in [9.17, 15) is 4.79 Å². The van der Waals surface area contributed by atoms with Crippen molar-refractivity contribution < 1.29 is 4.79 Å². The highest BCUT2D eigenvalue weighted by Crippen LogP contribution is 2.23. The summed E-state index contributed by atoms with van der Waals surface area (Å²) in [5.41, 5.74) is 4.33. The molecule has 2 heterocycles. The number of amides is 1. The molecule has 1 aromatic carbocycles. The zero-order valence-electron chi connectivity index (χ0n) is 16.4. The summed E-state index contributed by atoms with van der Waals surface area (Å²) in [5.74, 6) is -0.120. The predicted octanol–water partition coefficient (Wildman–Crippen LogP) is 3.94. The maximum Gasteiger partial charge on any atom is 0.255 e. The first-order valence-corrected chi connectivity index (χ1v) is 9.75. The lowest BCUT2D eigenvalue weighted by Gasteiger charge is -2.23. The maximum absolute atomic E-state index is 12.6. The predicted molar refractivity (Wildman–Crippen MR) is 109 cm³/mol. The van der Waals surface area contributed by atoms with Crippen LogP contribution in [-0.2, 0) is 13.6 Å². The lowest BCUT2D eigenvalue weighted by Crippen LogP contribution is -2.21. The van der Waals surface area contributed by atoms with Gasteiger partial charge >= 0.3 is 0 Å². The first-order chi connectivity index (χ1) is 12.9. The van der Waals surface area contributed by atoms with E-state index in [2.05, 4.69) is 34.3 Å². The summed E-state index contributed by atoms with van der Waals surface area (Å²) in [7, 11) is 3.95. The number of nitrogens with one attached hydrogen (secondary N) is 1. The van der Waals surface area contributed by atoms with Crippen LogP contribution in [0.2, 0.25) is 0 Å². The first kappa shape index (κ1) is 19.3. The number of aryl methyl sites for hydroxylation is 2. The number of carbonyl (C=O) groups is 1. The molecule has 6 nitrogen and oxygen atoms in total. The summed E-state index contributed by atoms with van der Waals surface area (Å²) in [6.45, 7) is 6.78. The molecule has 3 rings (SSSR count). The molecule has 0 saturated carbocycles. The fourth-order valence-corrected chi connectivity index (χ4v) is 3.72. The van der Waals surface area contributed by atoms with Crippen LogP contribution in [0.5, 0.6) is 0 Å². The van der Waals surface area contributed by atoms with Crippen molar-refractivity contribution in [2.45, 2.75) is 33.4 Å². The van der Waals surface area contributed by atoms with Crippen LogP contribution in [0.1, 0.15) is 45.3 Å². The standard InChI is InChI=1S/C20H25N5OS/c1-13-18(14(2)25(5)23-13)22-19(26)17-8-6-16(7-9-17)12-24(4)15(3)20-21-10-11-27-20/h6-11,15H,12H2,1-5H3,(H,22,26)/t15-/m0/s1. The Morgan fingerprint density at radius 2 is 2.00 bits per heavy atom. The van der Waals surface area contributed by atoms with Crippen LogP contribution in [0.4, 0.5) is 5.69 Å². The van der Waals surface area contributed by atoms with Gasteiger partial charge in [-0.25, -0.2) is 4.98 Å². The molecule has 0 saturated heterocycles. The summed E-state index contributed by atoms with van der Waals surface area (Å²) in [6, 6.07) is 8.00. The molecule has 1 N–H and O–H groups in total. The van der Waals surface area contributed by atoms with Gasteiger partial charge in [0, 0.05) is 30.7 Å². The smallest absolute Gasteiger partial charge is 0.255 e. The van der Waals surface area contributed by atoms with Crippen molar-refractivity contribution in [2.75, 3.05) is 12.4 Å². The first-order valence-electron chi connectivity index (χ1n) is 8.87. The summed E-state index contributed by atoms with van der Waals surface area (Å²) >= 11 is 1.67. The number of thiazole rings is 1. The Hall–Kier alpha value is -2.51. The second kappa shape index (κ2) is 8.02. The minimum Gasteiger partial charge on any atom is -0.319 e. The molecule has 3 aromatic rings. The molecule has 1 atom stereocenters. The third-order valence-corrected chi connectivity index (χ3v) is 5.81. The van der Waals surface area contributed by atoms with Crippen molar-refractivity contribution in [3.8, 4) is 0 Å². The van der Waals surface area contributed by atoms with Gasteiger partial charge < -0.3 is 5.32 Å². The van der Waals surface area contributed by atoms with Crippen molar-refractivity contribution in [1.82, 2.24) is 19.7 Å². The molecule has 0 fully saturated rings. The van der Waals surface area contributed by atoms with Gasteiger partial charge in [-0.05, 0) is 45.5 Å². The highest BCUT2D eigenvalue weighted by molar-refractivity contribution is 7.09. The SMILES string of the molecule is Cc1nn(C)c(C)c1NC(=O)c1ccc(CN(C)[C@@H](C)c2nccs2)cc1. The van der Waals surface area contributed by atoms with Crippen LogP contribution in [-0.4, -0.2) is 32.6 Å². The van der Waals surface area contributed by atoms with Gasteiger partial charge in [-0.3, -0.25) is 14.4 Å². The van der Waals surface area contributed by atoms with Gasteiger partial charge in [0.2, 0.25) is 0 Å². The fourth-order valence-electron chi connectivity index (χ4n) is 2.96. The van der Waals surface area contributed by atoms with Crippen molar-refractivity contribution >= 4 is 22.9 Å². The average molecular weight is 384 g/mol. The number of hydrogen-bond donors (Lipinski definition) is 1. The van der Waals surface area contributed by atoms with E-state index in [0.29, 0.717) is 5.56 Å². The topological polar surface area (TPSA) is 63.1 Å². The molecule has 0 spiro atoms. The van der Waals surface area contributed by atoms with Crippen molar-refractivity contribution in [2.24, 2.45) is 7.05 Å². The molecule has 0 aliphatic carbocycles. The minimum absolute atomic E-state index is 0.120. The Morgan fingerprint density at radius 1 is 1.30 bits per heavy atom. The molecular formula is C20H25N5OS. The van der Waals surface area contributed by atoms with Crippen molar-refractivity contribution in [3.63, 3.8) is 0 Å². The summed E-state index contributed by atoms with van der Waals surface area (Å²) in [4.78, 5) is 19.2. The molecule has 2 aromatic heterocycles. The van der Waals surface area contributed by atoms with Crippen LogP contribution < -0.4 is 5.32 Å². The zero-order chi connectivity index (χ0) is 19.6. The number of rotatable bonds is 6. The van der Waals surface area contributed by atoms with Gasteiger partial charge in [-0.2, -0.15) is 5.10 Å². The third-order valence-electron chi connectivity index (χ3n) is 4.87. The molecule has 0 aliphatic rings. The number of benzene rings is 1. The van der Waals surface area contributed by atoms with Crippen LogP contribution in [0.25, 0.3) is 0 Å². The quantitative estimate of drug-likeness (QED) is 0.700. The number of hydrogen-bond acceptors (Lipinski definition) is 5. The minimum atomic E-state index is -0.120. The molecule has 7 heteroatoms. The van der Waals surface area contributed by atoms with E-state index in [1.807, 2.05) is 56.7 Å². The zero-order valence-corrected chi connectivity index (χ0v) is 17.2. The van der Waals surface area contributed by atoms with E-state index in [4.69, 9.17) is 0 Å². The Bertz CT molecular complexity index is 915. The van der Waals surface area contributed by atoms with Gasteiger partial charge in [0.05, 0.1) is 23.1 Å². The number of aromatic nitrogens is 3. The molecule has 27 heavy (non-hydrogen) atoms. The van der Waals surface area contributed by atoms with E-state index in [0.717, 1.165) is 34.2 Å². The molecule has 1 amide bonds. The molecule has 0 aliphatic heterocycles. The lowest BCUT2D eigenvalue weighted by molar-refractivity contribution is 0.102. The number of anilines is 1. The van der Waals surface area contributed by atoms with Gasteiger partial charge in [-0.15, -0.1) is 11.3 Å². The van der Waals surface area contributed by atoms with E-state index >= 15 is 0 Å². The molecule has 0 unspecified atom stereocenters. The number of nitrogens with zero attached hydrogens (tertiary/aromatic N) is 4. The number of carbonyl (C=O) groups excluding carboxylic acids is 1. The normalized spacial score (nSPS) is 12.4. The lowest BCUT2D eigenvalue weighted by atomic mass is 10.1. The van der Waals surface area contributed by atoms with Gasteiger partial charge in [0.1, 0.15) is 5.01 Å². The van der Waals surface area contributed by atoms with E-state index in [1.165, 1.54) is 0 Å². The van der Waals surface area contributed by atoms with E-state index in [1.54, 1.807) is 16.0 Å². The molecule has 142 valence electrons. The Kier molecular flexibility index (Phi) is 5.72. The Labute approximate surface area is 163 Å². The molecule has 0 bridgehead atoms. The second-order valence-corrected chi connectivity index (χ2v) is 7.71. The van der Waals surface area contributed by atoms with Crippen LogP contribution in [0.15, 0.2) is 35.8 Å². The monoisotopic (exact) mass is 383 g/mol. The van der Waals surface area contributed by atoms with Crippen molar-refractivity contribution in [3.05, 3.63) is 63.4 Å². The van der Waals surface area contributed by atoms with Crippen LogP contribution in [0.3, 0.4) is 0 Å². The van der Waals surface area contributed by atoms with Crippen molar-refractivity contribution in [1.29, 1.82) is 0 Å². The van der Waals surface area contributed by atoms with E-state index in [-0.39, 0.29) is 11.9 Å². The highest BCUT2D eigenvalue weighted by atomic mass is 32.1. The van der Waals surface area contributed by atoms with Crippen LogP contribution in [0, 0.1) is 13.8 Å². The van der Waals surface area contributed by atoms with Gasteiger partial charge in [0.25, 0.3) is 5.91 Å². The van der Waals surface area contributed by atoms with Gasteiger partial charge in [-0.1, -0.05) is 12.1 Å². The fraction of sp³-hybridized carbons (Fsp3) is 0.350. The average Bonchev–Trinajstić information content (AvgIpc) is 3.26. The maximum atomic E-state index is 12.6. The summed E-state index contributed by atoms with van der Waals surface area (Å²) < 4.78 is 1.77. The summed E-state index contributed by atoms with van der Waals surface area (Å²) in [5, 5.41) is 10.4. The molecular weight excluding hydrogens is 358 g/mol. The largest absolute Gasteiger partial charge is 0.319 e. The van der Waals surface area contributed by atoms with E-state index < -0.39 is 0 Å². The van der Waals surface area contributed by atoms with Crippen LogP contribution >= 0.6 is 11.3 Å². The second-order valence-electron chi connectivity index (χ2n) is 6.78. The highest BCUT2D eigenvalue weighted by Gasteiger charge is 2.16. The molecule has 0 radical (unpaired) electrons. The van der Waals surface area contributed by atoms with Gasteiger partial charge in [0.15, 0.2) is 0 Å². The Morgan fingerprint density at radius 3 is 2.56 bits per heavy atom. The summed E-state index contributed by atoms with van der Waals surface area (Å²) in [6.07, 6.45) is 1.84. The third kappa shape index (κ3) is 4.26.